The summed E-state index contributed by atoms with van der Waals surface area (Å²) in [5.41, 5.74) is 4.96. The Morgan fingerprint density at radius 2 is 1.89 bits per heavy atom. The van der Waals surface area contributed by atoms with Crippen LogP contribution in [0, 0.1) is 19.7 Å². The third kappa shape index (κ3) is 4.80. The van der Waals surface area contributed by atoms with Crippen LogP contribution in [0.15, 0.2) is 59.8 Å². The number of aryl methyl sites for hydroxylation is 2. The number of amides is 1. The molecule has 1 amide bonds. The summed E-state index contributed by atoms with van der Waals surface area (Å²) in [6, 6.07) is 13.8. The van der Waals surface area contributed by atoms with E-state index in [0.29, 0.717) is 40.2 Å². The molecule has 0 spiro atoms. The molecular formula is C27H23FN4O3S. The van der Waals surface area contributed by atoms with E-state index in [9.17, 15) is 14.3 Å². The maximum Gasteiger partial charge on any atom is 0.234 e. The van der Waals surface area contributed by atoms with Crippen molar-refractivity contribution in [1.82, 2.24) is 15.0 Å². The number of carbonyl (C=O) groups excluding carboxylic acids is 1. The Kier molecular flexibility index (Phi) is 6.67. The molecule has 1 aliphatic heterocycles. The van der Waals surface area contributed by atoms with E-state index in [1.54, 1.807) is 18.3 Å². The molecule has 182 valence electrons. The highest BCUT2D eigenvalue weighted by Gasteiger charge is 2.28. The summed E-state index contributed by atoms with van der Waals surface area (Å²) in [6.07, 6.45) is 2.06. The van der Waals surface area contributed by atoms with Gasteiger partial charge in [-0.15, -0.1) is 0 Å². The Morgan fingerprint density at radius 3 is 2.64 bits per heavy atom. The molecule has 7 nitrogen and oxygen atoms in total. The van der Waals surface area contributed by atoms with Crippen molar-refractivity contribution in [2.45, 2.75) is 31.9 Å². The van der Waals surface area contributed by atoms with Gasteiger partial charge < -0.3 is 15.2 Å². The van der Waals surface area contributed by atoms with Crippen LogP contribution in [0.25, 0.3) is 11.4 Å². The van der Waals surface area contributed by atoms with E-state index < -0.39 is 5.82 Å². The Hall–Kier alpha value is -3.82. The number of aliphatic hydroxyl groups is 1. The number of thioether (sulfide) groups is 1. The Labute approximate surface area is 211 Å². The van der Waals surface area contributed by atoms with Gasteiger partial charge in [-0.2, -0.15) is 4.98 Å². The van der Waals surface area contributed by atoms with Gasteiger partial charge in [-0.05, 0) is 26.0 Å². The highest BCUT2D eigenvalue weighted by molar-refractivity contribution is 8.00. The van der Waals surface area contributed by atoms with Crippen molar-refractivity contribution in [3.8, 4) is 23.0 Å². The summed E-state index contributed by atoms with van der Waals surface area (Å²) in [5.74, 6) is 0.601. The quantitative estimate of drug-likeness (QED) is 0.243. The first-order chi connectivity index (χ1) is 17.4. The van der Waals surface area contributed by atoms with Gasteiger partial charge in [0.2, 0.25) is 11.8 Å². The molecule has 4 aromatic rings. The molecule has 2 aromatic heterocycles. The second-order valence-corrected chi connectivity index (χ2v) is 9.40. The molecule has 3 heterocycles. The van der Waals surface area contributed by atoms with E-state index >= 15 is 0 Å². The Morgan fingerprint density at radius 1 is 1.11 bits per heavy atom. The number of hydrogen-bond donors (Lipinski definition) is 2. The molecule has 0 saturated carbocycles. The van der Waals surface area contributed by atoms with Crippen LogP contribution < -0.4 is 10.1 Å². The van der Waals surface area contributed by atoms with Crippen LogP contribution in [0.2, 0.25) is 0 Å². The van der Waals surface area contributed by atoms with Gasteiger partial charge in [-0.3, -0.25) is 9.78 Å². The highest BCUT2D eigenvalue weighted by Crippen LogP contribution is 2.42. The van der Waals surface area contributed by atoms with Crippen molar-refractivity contribution < 1.29 is 19.0 Å². The maximum absolute atomic E-state index is 14.0. The molecule has 0 radical (unpaired) electrons. The minimum atomic E-state index is -0.498. The number of anilines is 1. The molecule has 0 saturated heterocycles. The summed E-state index contributed by atoms with van der Waals surface area (Å²) < 4.78 is 20.2. The van der Waals surface area contributed by atoms with Crippen LogP contribution in [-0.4, -0.2) is 31.7 Å². The van der Waals surface area contributed by atoms with Crippen molar-refractivity contribution in [3.05, 3.63) is 88.5 Å². The second-order valence-electron chi connectivity index (χ2n) is 8.43. The summed E-state index contributed by atoms with van der Waals surface area (Å²) in [4.78, 5) is 26.4. The number of hydrogen-bond acceptors (Lipinski definition) is 7. The van der Waals surface area contributed by atoms with Crippen molar-refractivity contribution in [2.75, 3.05) is 11.1 Å². The number of ether oxygens (including phenoxy) is 1. The van der Waals surface area contributed by atoms with Gasteiger partial charge >= 0.3 is 0 Å². The number of nitrogens with one attached hydrogen (secondary N) is 1. The van der Waals surface area contributed by atoms with Crippen LogP contribution in [-0.2, 0) is 17.8 Å². The van der Waals surface area contributed by atoms with Crippen LogP contribution in [0.1, 0.15) is 27.9 Å². The summed E-state index contributed by atoms with van der Waals surface area (Å²) >= 11 is 1.23. The standard InChI is InChI=1S/C27H23FN4O3S/c1-15-7-9-17(10-8-15)25-31-26-20(11-19-18(13-33)12-29-16(2)24(19)35-26)27(32-25)36-14-23(34)30-22-6-4-3-5-21(22)28/h3-10,12,33H,11,13-14H2,1-2H3,(H,30,34). The van der Waals surface area contributed by atoms with E-state index in [0.717, 1.165) is 22.3 Å². The Bertz CT molecular complexity index is 1460. The van der Waals surface area contributed by atoms with E-state index in [4.69, 9.17) is 9.72 Å². The molecule has 0 atom stereocenters. The number of benzene rings is 2. The largest absolute Gasteiger partial charge is 0.436 e. The van der Waals surface area contributed by atoms with Gasteiger partial charge in [0.15, 0.2) is 11.6 Å². The first-order valence-electron chi connectivity index (χ1n) is 11.3. The lowest BCUT2D eigenvalue weighted by atomic mass is 9.99. The van der Waals surface area contributed by atoms with Crippen molar-refractivity contribution in [3.63, 3.8) is 0 Å². The Balaban J connectivity index is 1.50. The average molecular weight is 503 g/mol. The molecule has 5 rings (SSSR count). The first-order valence-corrected chi connectivity index (χ1v) is 12.3. The van der Waals surface area contributed by atoms with Crippen molar-refractivity contribution >= 4 is 23.4 Å². The lowest BCUT2D eigenvalue weighted by Crippen LogP contribution is -2.16. The zero-order valence-corrected chi connectivity index (χ0v) is 20.5. The fourth-order valence-corrected chi connectivity index (χ4v) is 4.75. The fourth-order valence-electron chi connectivity index (χ4n) is 3.93. The van der Waals surface area contributed by atoms with Crippen molar-refractivity contribution in [2.24, 2.45) is 0 Å². The summed E-state index contributed by atoms with van der Waals surface area (Å²) in [7, 11) is 0. The lowest BCUT2D eigenvalue weighted by molar-refractivity contribution is -0.113. The molecule has 36 heavy (non-hydrogen) atoms. The van der Waals surface area contributed by atoms with E-state index in [1.807, 2.05) is 38.1 Å². The van der Waals surface area contributed by atoms with E-state index in [1.165, 1.54) is 23.9 Å². The normalized spacial score (nSPS) is 11.9. The number of aromatic nitrogens is 3. The lowest BCUT2D eigenvalue weighted by Gasteiger charge is -2.24. The maximum atomic E-state index is 14.0. The van der Waals surface area contributed by atoms with Gasteiger partial charge in [0.1, 0.15) is 10.8 Å². The summed E-state index contributed by atoms with van der Waals surface area (Å²) in [5, 5.41) is 13.0. The monoisotopic (exact) mass is 502 g/mol. The predicted molar refractivity (Wildman–Crippen MR) is 136 cm³/mol. The van der Waals surface area contributed by atoms with Crippen molar-refractivity contribution in [1.29, 1.82) is 0 Å². The van der Waals surface area contributed by atoms with Crippen LogP contribution in [0.3, 0.4) is 0 Å². The highest BCUT2D eigenvalue weighted by atomic mass is 32.2. The molecule has 0 unspecified atom stereocenters. The minimum absolute atomic E-state index is 0.0141. The second kappa shape index (κ2) is 10.0. The molecule has 0 aliphatic carbocycles. The molecular weight excluding hydrogens is 479 g/mol. The fraction of sp³-hybridized carbons (Fsp3) is 0.185. The first kappa shape index (κ1) is 23.9. The number of para-hydroxylation sites is 1. The number of carbonyl (C=O) groups is 1. The minimum Gasteiger partial charge on any atom is -0.436 e. The van der Waals surface area contributed by atoms with Crippen LogP contribution in [0.4, 0.5) is 10.1 Å². The molecule has 9 heteroatoms. The number of halogens is 1. The number of aliphatic hydroxyl groups excluding tert-OH is 1. The SMILES string of the molecule is Cc1ccc(-c2nc3c(c(SCC(=O)Nc4ccccc4F)n2)Cc2c(CO)cnc(C)c2O3)cc1. The van der Waals surface area contributed by atoms with Gasteiger partial charge in [0, 0.05) is 29.3 Å². The molecule has 1 aliphatic rings. The molecule has 2 aromatic carbocycles. The van der Waals surface area contributed by atoms with Gasteiger partial charge in [0.05, 0.1) is 29.3 Å². The number of nitrogens with zero attached hydrogens (tertiary/aromatic N) is 3. The van der Waals surface area contributed by atoms with Gasteiger partial charge in [0.25, 0.3) is 0 Å². The predicted octanol–water partition coefficient (Wildman–Crippen LogP) is 5.21. The topological polar surface area (TPSA) is 97.2 Å². The smallest absolute Gasteiger partial charge is 0.234 e. The van der Waals surface area contributed by atoms with E-state index in [2.05, 4.69) is 15.3 Å². The third-order valence-corrected chi connectivity index (χ3v) is 6.87. The zero-order chi connectivity index (χ0) is 25.2. The van der Waals surface area contributed by atoms with Gasteiger partial charge in [-0.25, -0.2) is 9.37 Å². The molecule has 2 N–H and O–H groups in total. The third-order valence-electron chi connectivity index (χ3n) is 5.86. The molecule has 0 bridgehead atoms. The zero-order valence-electron chi connectivity index (χ0n) is 19.7. The summed E-state index contributed by atoms with van der Waals surface area (Å²) in [6.45, 7) is 3.67. The number of pyridine rings is 1. The average Bonchev–Trinajstić information content (AvgIpc) is 2.88. The van der Waals surface area contributed by atoms with E-state index in [-0.39, 0.29) is 24.0 Å². The number of rotatable bonds is 6. The van der Waals surface area contributed by atoms with Crippen LogP contribution in [0.5, 0.6) is 11.6 Å². The number of fused-ring (bicyclic) bond motifs is 2. The molecule has 0 fully saturated rings. The van der Waals surface area contributed by atoms with Gasteiger partial charge in [-0.1, -0.05) is 53.7 Å². The van der Waals surface area contributed by atoms with Crippen LogP contribution >= 0.6 is 11.8 Å².